The molecule has 8 heteroatoms. The van der Waals surface area contributed by atoms with E-state index >= 15 is 0 Å². The van der Waals surface area contributed by atoms with Crippen LogP contribution in [0.3, 0.4) is 0 Å². The van der Waals surface area contributed by atoms with Gasteiger partial charge in [-0.25, -0.2) is 5.43 Å². The summed E-state index contributed by atoms with van der Waals surface area (Å²) in [6.07, 6.45) is 1.16. The van der Waals surface area contributed by atoms with Crippen molar-refractivity contribution in [3.05, 3.63) is 46.5 Å². The van der Waals surface area contributed by atoms with Crippen LogP contribution in [0.25, 0.3) is 0 Å². The lowest BCUT2D eigenvalue weighted by Crippen LogP contribution is -2.17. The summed E-state index contributed by atoms with van der Waals surface area (Å²) in [6.45, 7) is 0. The molecule has 0 saturated carbocycles. The number of hydrogen-bond acceptors (Lipinski definition) is 6. The Hall–Kier alpha value is -2.93. The number of rotatable bonds is 3. The highest BCUT2D eigenvalue weighted by Gasteiger charge is 2.14. The predicted molar refractivity (Wildman–Crippen MR) is 79.6 cm³/mol. The smallest absolute Gasteiger partial charge is 0.275 e. The first-order valence-corrected chi connectivity index (χ1v) is 6.33. The number of aromatic hydroxyl groups is 4. The monoisotopic (exact) mass is 322 g/mol. The van der Waals surface area contributed by atoms with Crippen molar-refractivity contribution in [2.24, 2.45) is 5.10 Å². The van der Waals surface area contributed by atoms with E-state index in [-0.39, 0.29) is 16.9 Å². The van der Waals surface area contributed by atoms with Crippen molar-refractivity contribution < 1.29 is 25.2 Å². The lowest BCUT2D eigenvalue weighted by atomic mass is 10.1. The Balaban J connectivity index is 2.15. The number of phenols is 4. The molecule has 114 valence electrons. The van der Waals surface area contributed by atoms with Gasteiger partial charge in [0, 0.05) is 22.7 Å². The van der Waals surface area contributed by atoms with Gasteiger partial charge in [0.15, 0.2) is 11.5 Å². The standard InChI is InChI=1S/C14H11ClN2O5/c15-8-1-2-10(18)7(3-8)6-16-17-14(22)9-4-12(20)13(21)5-11(9)19/h1-6,18-21H,(H,17,22). The van der Waals surface area contributed by atoms with E-state index in [9.17, 15) is 25.2 Å². The van der Waals surface area contributed by atoms with Gasteiger partial charge >= 0.3 is 0 Å². The SMILES string of the molecule is O=C(NN=Cc1cc(Cl)ccc1O)c1cc(O)c(O)cc1O. The van der Waals surface area contributed by atoms with Crippen molar-refractivity contribution in [3.63, 3.8) is 0 Å². The maximum atomic E-state index is 11.8. The Morgan fingerprint density at radius 2 is 1.68 bits per heavy atom. The van der Waals surface area contributed by atoms with Gasteiger partial charge < -0.3 is 20.4 Å². The van der Waals surface area contributed by atoms with Gasteiger partial charge in [0.05, 0.1) is 11.8 Å². The number of hydrazone groups is 1. The van der Waals surface area contributed by atoms with Crippen molar-refractivity contribution >= 4 is 23.7 Å². The third kappa shape index (κ3) is 3.39. The summed E-state index contributed by atoms with van der Waals surface area (Å²) in [5.41, 5.74) is 2.11. The minimum atomic E-state index is -0.814. The van der Waals surface area contributed by atoms with Gasteiger partial charge in [-0.1, -0.05) is 11.6 Å². The van der Waals surface area contributed by atoms with E-state index in [2.05, 4.69) is 10.5 Å². The molecule has 5 N–H and O–H groups in total. The Morgan fingerprint density at radius 1 is 1.00 bits per heavy atom. The zero-order chi connectivity index (χ0) is 16.3. The zero-order valence-electron chi connectivity index (χ0n) is 11.0. The number of carbonyl (C=O) groups is 1. The van der Waals surface area contributed by atoms with Gasteiger partial charge in [0.1, 0.15) is 11.5 Å². The Kier molecular flexibility index (Phi) is 4.38. The maximum absolute atomic E-state index is 11.8. The van der Waals surface area contributed by atoms with Crippen LogP contribution in [0.4, 0.5) is 0 Å². The molecule has 0 aliphatic carbocycles. The Morgan fingerprint density at radius 3 is 2.41 bits per heavy atom. The minimum Gasteiger partial charge on any atom is -0.507 e. The summed E-state index contributed by atoms with van der Waals surface area (Å²) in [6, 6.07) is 6.03. The average Bonchev–Trinajstić information content (AvgIpc) is 2.46. The summed E-state index contributed by atoms with van der Waals surface area (Å²) in [7, 11) is 0. The summed E-state index contributed by atoms with van der Waals surface area (Å²) in [5.74, 6) is -2.52. The van der Waals surface area contributed by atoms with Crippen LogP contribution in [-0.4, -0.2) is 32.5 Å². The van der Waals surface area contributed by atoms with Crippen LogP contribution in [0.15, 0.2) is 35.4 Å². The van der Waals surface area contributed by atoms with Crippen molar-refractivity contribution in [2.75, 3.05) is 0 Å². The zero-order valence-corrected chi connectivity index (χ0v) is 11.7. The predicted octanol–water partition coefficient (Wildman–Crippen LogP) is 1.93. The second-order valence-electron chi connectivity index (χ2n) is 4.26. The molecule has 0 atom stereocenters. The second-order valence-corrected chi connectivity index (χ2v) is 4.70. The van der Waals surface area contributed by atoms with Crippen LogP contribution in [0, 0.1) is 0 Å². The minimum absolute atomic E-state index is 0.0764. The molecule has 2 aromatic carbocycles. The van der Waals surface area contributed by atoms with Crippen LogP contribution in [0.5, 0.6) is 23.0 Å². The molecule has 0 fully saturated rings. The van der Waals surface area contributed by atoms with Crippen LogP contribution < -0.4 is 5.43 Å². The lowest BCUT2D eigenvalue weighted by Gasteiger charge is -2.05. The number of amides is 1. The Labute approximate surface area is 129 Å². The molecule has 0 aliphatic heterocycles. The molecule has 7 nitrogen and oxygen atoms in total. The van der Waals surface area contributed by atoms with Gasteiger partial charge in [0.2, 0.25) is 0 Å². The summed E-state index contributed by atoms with van der Waals surface area (Å²) in [5, 5.41) is 41.6. The van der Waals surface area contributed by atoms with Gasteiger partial charge in [-0.05, 0) is 18.2 Å². The van der Waals surface area contributed by atoms with Crippen molar-refractivity contribution in [3.8, 4) is 23.0 Å². The third-order valence-corrected chi connectivity index (χ3v) is 2.93. The maximum Gasteiger partial charge on any atom is 0.275 e. The van der Waals surface area contributed by atoms with Crippen molar-refractivity contribution in [1.29, 1.82) is 0 Å². The molecule has 2 rings (SSSR count). The molecule has 2 aromatic rings. The number of halogens is 1. The molecule has 0 bridgehead atoms. The van der Waals surface area contributed by atoms with Crippen LogP contribution in [-0.2, 0) is 0 Å². The van der Waals surface area contributed by atoms with Crippen molar-refractivity contribution in [1.82, 2.24) is 5.43 Å². The number of nitrogens with one attached hydrogen (secondary N) is 1. The first-order chi connectivity index (χ1) is 10.4. The van der Waals surface area contributed by atoms with Gasteiger partial charge in [-0.15, -0.1) is 0 Å². The third-order valence-electron chi connectivity index (χ3n) is 2.70. The van der Waals surface area contributed by atoms with Gasteiger partial charge in [-0.2, -0.15) is 5.10 Å². The number of phenolic OH excluding ortho intramolecular Hbond substituents is 4. The van der Waals surface area contributed by atoms with E-state index in [1.165, 1.54) is 18.2 Å². The average molecular weight is 323 g/mol. The second kappa shape index (κ2) is 6.23. The molecule has 22 heavy (non-hydrogen) atoms. The fourth-order valence-corrected chi connectivity index (χ4v) is 1.78. The first-order valence-electron chi connectivity index (χ1n) is 5.95. The number of nitrogens with zero attached hydrogens (tertiary/aromatic N) is 1. The van der Waals surface area contributed by atoms with Crippen LogP contribution in [0.1, 0.15) is 15.9 Å². The summed E-state index contributed by atoms with van der Waals surface area (Å²) in [4.78, 5) is 11.8. The first kappa shape index (κ1) is 15.5. The fourth-order valence-electron chi connectivity index (χ4n) is 1.60. The van der Waals surface area contributed by atoms with E-state index in [4.69, 9.17) is 11.6 Å². The lowest BCUT2D eigenvalue weighted by molar-refractivity contribution is 0.0952. The normalized spacial score (nSPS) is 10.8. The van der Waals surface area contributed by atoms with Gasteiger partial charge in [-0.3, -0.25) is 4.79 Å². The number of carbonyl (C=O) groups excluding carboxylic acids is 1. The van der Waals surface area contributed by atoms with E-state index in [0.29, 0.717) is 5.02 Å². The van der Waals surface area contributed by atoms with Crippen LogP contribution >= 0.6 is 11.6 Å². The molecule has 0 spiro atoms. The molecule has 0 heterocycles. The molecule has 0 saturated heterocycles. The molecular formula is C14H11ClN2O5. The summed E-state index contributed by atoms with van der Waals surface area (Å²) < 4.78 is 0. The highest BCUT2D eigenvalue weighted by atomic mass is 35.5. The van der Waals surface area contributed by atoms with E-state index in [1.807, 2.05) is 0 Å². The molecule has 0 aliphatic rings. The van der Waals surface area contributed by atoms with Crippen molar-refractivity contribution in [2.45, 2.75) is 0 Å². The Bertz CT molecular complexity index is 761. The molecule has 0 unspecified atom stereocenters. The van der Waals surface area contributed by atoms with Crippen LogP contribution in [0.2, 0.25) is 5.02 Å². The largest absolute Gasteiger partial charge is 0.507 e. The highest BCUT2D eigenvalue weighted by Crippen LogP contribution is 2.31. The van der Waals surface area contributed by atoms with E-state index in [1.54, 1.807) is 0 Å². The van der Waals surface area contributed by atoms with E-state index < -0.39 is 23.2 Å². The molecule has 0 radical (unpaired) electrons. The number of benzene rings is 2. The number of hydrogen-bond donors (Lipinski definition) is 5. The van der Waals surface area contributed by atoms with E-state index in [0.717, 1.165) is 18.3 Å². The van der Waals surface area contributed by atoms with Gasteiger partial charge in [0.25, 0.3) is 5.91 Å². The fraction of sp³-hybridized carbons (Fsp3) is 0. The topological polar surface area (TPSA) is 122 Å². The molecule has 1 amide bonds. The molecule has 0 aromatic heterocycles. The molecular weight excluding hydrogens is 312 g/mol. The summed E-state index contributed by atoms with van der Waals surface area (Å²) >= 11 is 5.76. The highest BCUT2D eigenvalue weighted by molar-refractivity contribution is 6.30. The quantitative estimate of drug-likeness (QED) is 0.256.